The standard InChI is InChI=1S/C12H21NO4/c1-9(7-11(14)16-2)13-6-4-5-10(8-13)12(15)17-3/h9-10H,4-8H2,1-3H3. The third-order valence-electron chi connectivity index (χ3n) is 3.30. The van der Waals surface area contributed by atoms with Crippen LogP contribution in [0.25, 0.3) is 0 Å². The maximum atomic E-state index is 11.5. The molecule has 2 unspecified atom stereocenters. The highest BCUT2D eigenvalue weighted by Gasteiger charge is 2.29. The van der Waals surface area contributed by atoms with Crippen molar-refractivity contribution >= 4 is 11.9 Å². The smallest absolute Gasteiger partial charge is 0.309 e. The first-order valence-electron chi connectivity index (χ1n) is 5.97. The Morgan fingerprint density at radius 2 is 2.06 bits per heavy atom. The molecule has 0 aromatic heterocycles. The fraction of sp³-hybridized carbons (Fsp3) is 0.833. The molecule has 1 heterocycles. The van der Waals surface area contributed by atoms with Crippen molar-refractivity contribution in [2.75, 3.05) is 27.3 Å². The van der Waals surface area contributed by atoms with Crippen LogP contribution in [0.1, 0.15) is 26.2 Å². The first-order chi connectivity index (χ1) is 8.08. The minimum Gasteiger partial charge on any atom is -0.469 e. The van der Waals surface area contributed by atoms with Gasteiger partial charge in [-0.2, -0.15) is 0 Å². The topological polar surface area (TPSA) is 55.8 Å². The van der Waals surface area contributed by atoms with E-state index in [0.717, 1.165) is 19.4 Å². The lowest BCUT2D eigenvalue weighted by Crippen LogP contribution is -2.44. The highest BCUT2D eigenvalue weighted by atomic mass is 16.5. The molecule has 0 amide bonds. The SMILES string of the molecule is COC(=O)CC(C)N1CCCC(C(=O)OC)C1. The molecule has 1 aliphatic rings. The second-order valence-corrected chi connectivity index (χ2v) is 4.49. The van der Waals surface area contributed by atoms with E-state index in [1.807, 2.05) is 6.92 Å². The van der Waals surface area contributed by atoms with Gasteiger partial charge in [0, 0.05) is 12.6 Å². The summed E-state index contributed by atoms with van der Waals surface area (Å²) >= 11 is 0. The number of methoxy groups -OCH3 is 2. The summed E-state index contributed by atoms with van der Waals surface area (Å²) in [7, 11) is 2.81. The van der Waals surface area contributed by atoms with Crippen LogP contribution >= 0.6 is 0 Å². The summed E-state index contributed by atoms with van der Waals surface area (Å²) in [6.45, 7) is 3.58. The molecule has 1 saturated heterocycles. The summed E-state index contributed by atoms with van der Waals surface area (Å²) in [5.74, 6) is -0.425. The van der Waals surface area contributed by atoms with Gasteiger partial charge in [0.2, 0.25) is 0 Å². The number of rotatable bonds is 4. The van der Waals surface area contributed by atoms with E-state index in [1.54, 1.807) is 0 Å². The maximum Gasteiger partial charge on any atom is 0.309 e. The van der Waals surface area contributed by atoms with Gasteiger partial charge in [-0.15, -0.1) is 0 Å². The normalized spacial score (nSPS) is 22.9. The van der Waals surface area contributed by atoms with Gasteiger partial charge in [-0.05, 0) is 26.3 Å². The lowest BCUT2D eigenvalue weighted by molar-refractivity contribution is -0.147. The van der Waals surface area contributed by atoms with Crippen LogP contribution in [0, 0.1) is 5.92 Å². The van der Waals surface area contributed by atoms with E-state index in [-0.39, 0.29) is 23.9 Å². The van der Waals surface area contributed by atoms with Gasteiger partial charge in [-0.3, -0.25) is 14.5 Å². The monoisotopic (exact) mass is 243 g/mol. The fourth-order valence-corrected chi connectivity index (χ4v) is 2.22. The number of hydrogen-bond acceptors (Lipinski definition) is 5. The molecule has 1 aliphatic heterocycles. The number of piperidine rings is 1. The molecule has 0 aliphatic carbocycles. The zero-order valence-corrected chi connectivity index (χ0v) is 10.8. The van der Waals surface area contributed by atoms with Gasteiger partial charge < -0.3 is 9.47 Å². The molecular formula is C12H21NO4. The quantitative estimate of drug-likeness (QED) is 0.684. The Hall–Kier alpha value is -1.10. The molecule has 2 atom stereocenters. The average molecular weight is 243 g/mol. The van der Waals surface area contributed by atoms with Gasteiger partial charge >= 0.3 is 11.9 Å². The lowest BCUT2D eigenvalue weighted by atomic mass is 9.96. The fourth-order valence-electron chi connectivity index (χ4n) is 2.22. The largest absolute Gasteiger partial charge is 0.469 e. The Balaban J connectivity index is 2.48. The molecule has 5 heteroatoms. The van der Waals surface area contributed by atoms with Crippen LogP contribution in [0.15, 0.2) is 0 Å². The molecule has 0 N–H and O–H groups in total. The summed E-state index contributed by atoms with van der Waals surface area (Å²) in [5.41, 5.74) is 0. The van der Waals surface area contributed by atoms with Crippen molar-refractivity contribution in [2.24, 2.45) is 5.92 Å². The Bertz CT molecular complexity index is 280. The lowest BCUT2D eigenvalue weighted by Gasteiger charge is -2.35. The van der Waals surface area contributed by atoms with Gasteiger partial charge in [0.1, 0.15) is 0 Å². The minimum atomic E-state index is -0.210. The first-order valence-corrected chi connectivity index (χ1v) is 5.97. The van der Waals surface area contributed by atoms with Crippen molar-refractivity contribution < 1.29 is 19.1 Å². The van der Waals surface area contributed by atoms with Gasteiger partial charge in [-0.1, -0.05) is 0 Å². The zero-order chi connectivity index (χ0) is 12.8. The Morgan fingerprint density at radius 1 is 1.35 bits per heavy atom. The maximum absolute atomic E-state index is 11.5. The molecule has 0 spiro atoms. The molecule has 17 heavy (non-hydrogen) atoms. The van der Waals surface area contributed by atoms with E-state index < -0.39 is 0 Å². The van der Waals surface area contributed by atoms with Crippen molar-refractivity contribution in [1.82, 2.24) is 4.90 Å². The van der Waals surface area contributed by atoms with Crippen LogP contribution < -0.4 is 0 Å². The van der Waals surface area contributed by atoms with E-state index in [9.17, 15) is 9.59 Å². The second kappa shape index (κ2) is 6.59. The molecule has 5 nitrogen and oxygen atoms in total. The third kappa shape index (κ3) is 4.00. The number of esters is 2. The predicted octanol–water partition coefficient (Wildman–Crippen LogP) is 0.823. The number of ether oxygens (including phenoxy) is 2. The Kier molecular flexibility index (Phi) is 5.41. The highest BCUT2D eigenvalue weighted by molar-refractivity contribution is 5.72. The van der Waals surface area contributed by atoms with E-state index in [2.05, 4.69) is 9.64 Å². The van der Waals surface area contributed by atoms with Crippen molar-refractivity contribution in [3.63, 3.8) is 0 Å². The van der Waals surface area contributed by atoms with Gasteiger partial charge in [0.25, 0.3) is 0 Å². The van der Waals surface area contributed by atoms with Crippen molar-refractivity contribution in [3.05, 3.63) is 0 Å². The molecule has 0 saturated carbocycles. The molecule has 98 valence electrons. The predicted molar refractivity (Wildman–Crippen MR) is 62.4 cm³/mol. The first kappa shape index (κ1) is 14.0. The molecule has 0 aromatic rings. The number of carbonyl (C=O) groups excluding carboxylic acids is 2. The van der Waals surface area contributed by atoms with Crippen molar-refractivity contribution in [2.45, 2.75) is 32.2 Å². The van der Waals surface area contributed by atoms with Crippen molar-refractivity contribution in [3.8, 4) is 0 Å². The third-order valence-corrected chi connectivity index (χ3v) is 3.30. The van der Waals surface area contributed by atoms with E-state index in [1.165, 1.54) is 14.2 Å². The molecule has 0 bridgehead atoms. The van der Waals surface area contributed by atoms with Gasteiger partial charge in [-0.25, -0.2) is 0 Å². The van der Waals surface area contributed by atoms with Crippen LogP contribution in [0.4, 0.5) is 0 Å². The number of carbonyl (C=O) groups is 2. The number of likely N-dealkylation sites (tertiary alicyclic amines) is 1. The number of nitrogens with zero attached hydrogens (tertiary/aromatic N) is 1. The van der Waals surface area contributed by atoms with Crippen LogP contribution in [0.5, 0.6) is 0 Å². The highest BCUT2D eigenvalue weighted by Crippen LogP contribution is 2.20. The van der Waals surface area contributed by atoms with E-state index >= 15 is 0 Å². The summed E-state index contributed by atoms with van der Waals surface area (Å²) in [5, 5.41) is 0. The minimum absolute atomic E-state index is 0.0613. The number of hydrogen-bond donors (Lipinski definition) is 0. The average Bonchev–Trinajstić information content (AvgIpc) is 2.37. The second-order valence-electron chi connectivity index (χ2n) is 4.49. The molecule has 1 rings (SSSR count). The van der Waals surface area contributed by atoms with E-state index in [0.29, 0.717) is 13.0 Å². The Morgan fingerprint density at radius 3 is 2.65 bits per heavy atom. The summed E-state index contributed by atoms with van der Waals surface area (Å²) in [6.07, 6.45) is 2.20. The van der Waals surface area contributed by atoms with E-state index in [4.69, 9.17) is 4.74 Å². The Labute approximate surface area is 102 Å². The van der Waals surface area contributed by atoms with Gasteiger partial charge in [0.05, 0.1) is 26.6 Å². The van der Waals surface area contributed by atoms with Crippen LogP contribution in [0.2, 0.25) is 0 Å². The van der Waals surface area contributed by atoms with Crippen LogP contribution in [0.3, 0.4) is 0 Å². The summed E-state index contributed by atoms with van der Waals surface area (Å²) in [4.78, 5) is 24.8. The van der Waals surface area contributed by atoms with Crippen LogP contribution in [-0.2, 0) is 19.1 Å². The molecule has 1 fully saturated rings. The summed E-state index contributed by atoms with van der Waals surface area (Å²) in [6, 6.07) is 0.106. The molecular weight excluding hydrogens is 222 g/mol. The molecule has 0 aromatic carbocycles. The van der Waals surface area contributed by atoms with Crippen LogP contribution in [-0.4, -0.2) is 50.2 Å². The zero-order valence-electron chi connectivity index (χ0n) is 10.8. The van der Waals surface area contributed by atoms with Gasteiger partial charge in [0.15, 0.2) is 0 Å². The molecule has 0 radical (unpaired) electrons. The summed E-state index contributed by atoms with van der Waals surface area (Å²) < 4.78 is 9.41. The van der Waals surface area contributed by atoms with Crippen molar-refractivity contribution in [1.29, 1.82) is 0 Å².